The zero-order valence-electron chi connectivity index (χ0n) is 16.5. The summed E-state index contributed by atoms with van der Waals surface area (Å²) in [6.45, 7) is 10.2. The summed E-state index contributed by atoms with van der Waals surface area (Å²) < 4.78 is 17.3. The largest absolute Gasteiger partial charge is 0.493 e. The molecule has 0 radical (unpaired) electrons. The van der Waals surface area contributed by atoms with Crippen molar-refractivity contribution in [3.8, 4) is 5.75 Å². The molecular weight excluding hydrogens is 344 g/mol. The van der Waals surface area contributed by atoms with Crippen molar-refractivity contribution in [1.82, 2.24) is 9.80 Å². The maximum absolute atomic E-state index is 12.6. The van der Waals surface area contributed by atoms with E-state index in [0.29, 0.717) is 38.7 Å². The summed E-state index contributed by atoms with van der Waals surface area (Å²) in [5.41, 5.74) is 0. The van der Waals surface area contributed by atoms with E-state index in [1.54, 1.807) is 0 Å². The lowest BCUT2D eigenvalue weighted by atomic mass is 10.1. The molecule has 1 aromatic carbocycles. The molecule has 2 saturated heterocycles. The number of ether oxygens (including phenoxy) is 3. The van der Waals surface area contributed by atoms with Crippen LogP contribution < -0.4 is 4.74 Å². The molecule has 0 saturated carbocycles. The minimum absolute atomic E-state index is 0.144. The van der Waals surface area contributed by atoms with Gasteiger partial charge in [-0.25, -0.2) is 0 Å². The quantitative estimate of drug-likeness (QED) is 0.761. The standard InChI is InChI=1S/C21H32N2O4/c1-17-12-22(13-18(2)27-17)14-19-15-23(9-11-25-16-19)21(24)8-10-26-20-6-4-3-5-7-20/h3-7,17-19H,8-16H2,1-2H3/t17-,18+,19?. The third kappa shape index (κ3) is 6.48. The Morgan fingerprint density at radius 2 is 1.89 bits per heavy atom. The number of hydrogen-bond acceptors (Lipinski definition) is 5. The average Bonchev–Trinajstić information content (AvgIpc) is 2.87. The van der Waals surface area contributed by atoms with Crippen molar-refractivity contribution in [2.45, 2.75) is 32.5 Å². The molecule has 1 aromatic rings. The van der Waals surface area contributed by atoms with Gasteiger partial charge in [-0.05, 0) is 26.0 Å². The summed E-state index contributed by atoms with van der Waals surface area (Å²) in [6.07, 6.45) is 0.911. The van der Waals surface area contributed by atoms with Gasteiger partial charge in [0, 0.05) is 38.6 Å². The summed E-state index contributed by atoms with van der Waals surface area (Å²) in [4.78, 5) is 17.0. The van der Waals surface area contributed by atoms with Crippen LogP contribution in [0.4, 0.5) is 0 Å². The Labute approximate surface area is 162 Å². The molecule has 2 fully saturated rings. The normalized spacial score (nSPS) is 27.2. The molecule has 1 unspecified atom stereocenters. The van der Waals surface area contributed by atoms with Crippen molar-refractivity contribution in [2.75, 3.05) is 52.5 Å². The topological polar surface area (TPSA) is 51.2 Å². The van der Waals surface area contributed by atoms with Gasteiger partial charge < -0.3 is 19.1 Å². The van der Waals surface area contributed by atoms with E-state index in [9.17, 15) is 4.79 Å². The lowest BCUT2D eigenvalue weighted by Gasteiger charge is -2.37. The lowest BCUT2D eigenvalue weighted by Crippen LogP contribution is -2.49. The van der Waals surface area contributed by atoms with Gasteiger partial charge in [0.15, 0.2) is 0 Å². The Bertz CT molecular complexity index is 573. The highest BCUT2D eigenvalue weighted by atomic mass is 16.5. The van der Waals surface area contributed by atoms with E-state index in [1.165, 1.54) is 0 Å². The number of nitrogens with zero attached hydrogens (tertiary/aromatic N) is 2. The van der Waals surface area contributed by atoms with Crippen LogP contribution in [-0.4, -0.2) is 80.5 Å². The number of morpholine rings is 1. The minimum atomic E-state index is 0.144. The predicted octanol–water partition coefficient (Wildman–Crippen LogP) is 2.04. The Morgan fingerprint density at radius 1 is 1.15 bits per heavy atom. The van der Waals surface area contributed by atoms with Gasteiger partial charge >= 0.3 is 0 Å². The van der Waals surface area contributed by atoms with Gasteiger partial charge in [-0.1, -0.05) is 18.2 Å². The summed E-state index contributed by atoms with van der Waals surface area (Å²) in [7, 11) is 0. The van der Waals surface area contributed by atoms with Gasteiger partial charge in [0.1, 0.15) is 5.75 Å². The Balaban J connectivity index is 1.46. The Kier molecular flexibility index (Phi) is 7.50. The first-order valence-corrected chi connectivity index (χ1v) is 10.0. The number of benzene rings is 1. The number of para-hydroxylation sites is 1. The first-order chi connectivity index (χ1) is 13.1. The van der Waals surface area contributed by atoms with Gasteiger partial charge in [0.05, 0.1) is 38.4 Å². The second-order valence-corrected chi connectivity index (χ2v) is 7.67. The van der Waals surface area contributed by atoms with E-state index < -0.39 is 0 Å². The second kappa shape index (κ2) is 10.1. The monoisotopic (exact) mass is 376 g/mol. The van der Waals surface area contributed by atoms with Crippen LogP contribution in [0.2, 0.25) is 0 Å². The number of carbonyl (C=O) groups excluding carboxylic acids is 1. The first-order valence-electron chi connectivity index (χ1n) is 10.0. The van der Waals surface area contributed by atoms with Crippen LogP contribution in [-0.2, 0) is 14.3 Å². The van der Waals surface area contributed by atoms with Crippen LogP contribution in [0.15, 0.2) is 30.3 Å². The van der Waals surface area contributed by atoms with Gasteiger partial charge in [0.25, 0.3) is 0 Å². The SMILES string of the molecule is C[C@@H]1CN(CC2COCCN(C(=O)CCOc3ccccc3)C2)C[C@H](C)O1. The highest BCUT2D eigenvalue weighted by molar-refractivity contribution is 5.76. The predicted molar refractivity (Wildman–Crippen MR) is 104 cm³/mol. The highest BCUT2D eigenvalue weighted by Gasteiger charge is 2.28. The van der Waals surface area contributed by atoms with Gasteiger partial charge in [-0.3, -0.25) is 9.69 Å². The molecule has 2 aliphatic rings. The van der Waals surface area contributed by atoms with E-state index >= 15 is 0 Å². The fourth-order valence-corrected chi connectivity index (χ4v) is 3.95. The number of hydrogen-bond donors (Lipinski definition) is 0. The van der Waals surface area contributed by atoms with E-state index in [-0.39, 0.29) is 18.1 Å². The molecule has 0 spiro atoms. The molecule has 0 aliphatic carbocycles. The van der Waals surface area contributed by atoms with Crippen LogP contribution in [0.25, 0.3) is 0 Å². The lowest BCUT2D eigenvalue weighted by molar-refractivity contribution is -0.132. The van der Waals surface area contributed by atoms with E-state index in [4.69, 9.17) is 14.2 Å². The third-order valence-corrected chi connectivity index (χ3v) is 5.03. The summed E-state index contributed by atoms with van der Waals surface area (Å²) in [6, 6.07) is 9.63. The molecule has 150 valence electrons. The van der Waals surface area contributed by atoms with Crippen molar-refractivity contribution in [3.63, 3.8) is 0 Å². The molecule has 2 aliphatic heterocycles. The van der Waals surface area contributed by atoms with Crippen LogP contribution in [0.5, 0.6) is 5.75 Å². The summed E-state index contributed by atoms with van der Waals surface area (Å²) >= 11 is 0. The van der Waals surface area contributed by atoms with Gasteiger partial charge in [-0.15, -0.1) is 0 Å². The third-order valence-electron chi connectivity index (χ3n) is 5.03. The number of carbonyl (C=O) groups is 1. The molecule has 3 rings (SSSR count). The van der Waals surface area contributed by atoms with Crippen LogP contribution in [0, 0.1) is 5.92 Å². The summed E-state index contributed by atoms with van der Waals surface area (Å²) in [5.74, 6) is 1.28. The number of rotatable bonds is 6. The fourth-order valence-electron chi connectivity index (χ4n) is 3.95. The fraction of sp³-hybridized carbons (Fsp3) is 0.667. The van der Waals surface area contributed by atoms with Crippen molar-refractivity contribution in [3.05, 3.63) is 30.3 Å². The van der Waals surface area contributed by atoms with E-state index in [2.05, 4.69) is 18.7 Å². The molecule has 6 nitrogen and oxygen atoms in total. The van der Waals surface area contributed by atoms with E-state index in [1.807, 2.05) is 35.2 Å². The zero-order valence-corrected chi connectivity index (χ0v) is 16.5. The van der Waals surface area contributed by atoms with Gasteiger partial charge in [0.2, 0.25) is 5.91 Å². The van der Waals surface area contributed by atoms with Crippen molar-refractivity contribution >= 4 is 5.91 Å². The van der Waals surface area contributed by atoms with Crippen LogP contribution in [0.3, 0.4) is 0 Å². The van der Waals surface area contributed by atoms with Gasteiger partial charge in [-0.2, -0.15) is 0 Å². The maximum atomic E-state index is 12.6. The van der Waals surface area contributed by atoms with E-state index in [0.717, 1.165) is 31.9 Å². The summed E-state index contributed by atoms with van der Waals surface area (Å²) in [5, 5.41) is 0. The zero-order chi connectivity index (χ0) is 19.1. The van der Waals surface area contributed by atoms with Crippen molar-refractivity contribution < 1.29 is 19.0 Å². The molecule has 0 bridgehead atoms. The van der Waals surface area contributed by atoms with Crippen molar-refractivity contribution in [1.29, 1.82) is 0 Å². The van der Waals surface area contributed by atoms with Crippen LogP contribution >= 0.6 is 0 Å². The molecule has 2 heterocycles. The molecule has 0 aromatic heterocycles. The molecule has 0 N–H and O–H groups in total. The van der Waals surface area contributed by atoms with Crippen LogP contribution in [0.1, 0.15) is 20.3 Å². The maximum Gasteiger partial charge on any atom is 0.226 e. The molecule has 1 amide bonds. The molecule has 27 heavy (non-hydrogen) atoms. The molecular formula is C21H32N2O4. The molecule has 3 atom stereocenters. The second-order valence-electron chi connectivity index (χ2n) is 7.67. The smallest absolute Gasteiger partial charge is 0.226 e. The minimum Gasteiger partial charge on any atom is -0.493 e. The molecule has 6 heteroatoms. The first kappa shape index (κ1) is 20.1. The number of amides is 1. The average molecular weight is 376 g/mol. The highest BCUT2D eigenvalue weighted by Crippen LogP contribution is 2.16. The van der Waals surface area contributed by atoms with Crippen molar-refractivity contribution in [2.24, 2.45) is 5.92 Å². The Hall–Kier alpha value is -1.63. The Morgan fingerprint density at radius 3 is 2.63 bits per heavy atom.